The second-order valence-electron chi connectivity index (χ2n) is 10.4. The van der Waals surface area contributed by atoms with Crippen LogP contribution in [0.2, 0.25) is 0 Å². The van der Waals surface area contributed by atoms with E-state index in [4.69, 9.17) is 44.8 Å². The zero-order valence-corrected chi connectivity index (χ0v) is 24.9. The molecule has 45 heavy (non-hydrogen) atoms. The first-order valence-electron chi connectivity index (χ1n) is 13.6. The number of nitrogen functional groups attached to an aromatic ring is 2. The van der Waals surface area contributed by atoms with Gasteiger partial charge in [-0.1, -0.05) is 0 Å². The summed E-state index contributed by atoms with van der Waals surface area (Å²) in [6.07, 6.45) is -2.88. The average Bonchev–Trinajstić information content (AvgIpc) is 3.77. The molecule has 242 valence electrons. The number of nitrogens with one attached hydrogen (secondary N) is 1. The van der Waals surface area contributed by atoms with Gasteiger partial charge in [0.25, 0.3) is 5.56 Å². The Bertz CT molecular complexity index is 1740. The van der Waals surface area contributed by atoms with E-state index in [0.29, 0.717) is 17.6 Å². The highest BCUT2D eigenvalue weighted by atomic mass is 31.2. The van der Waals surface area contributed by atoms with Crippen molar-refractivity contribution in [3.63, 3.8) is 0 Å². The molecule has 10 unspecified atom stereocenters. The standard InChI is InChI=1S/C22H29N11O10P2/c23-2-1-8-9-3-38-45(37)43-15-10(41-20(13(15)34)32-6-28-11-16(24)26-5-27-17(11)32)4-39-44(36)42-14(8)21(40-9)33-7-29-12-18(33)30-22(25)31-19(12)35/h5-10,13-15,20-21,34,36-37H,1-4,23H2,(H2,24,26,27)(H3,25,30,31,35). The van der Waals surface area contributed by atoms with Gasteiger partial charge in [0, 0.05) is 5.92 Å². The molecule has 3 saturated heterocycles. The number of hydrogen-bond acceptors (Lipinski definition) is 18. The third kappa shape index (κ3) is 5.54. The van der Waals surface area contributed by atoms with Gasteiger partial charge in [-0.15, -0.1) is 0 Å². The molecule has 0 aromatic carbocycles. The van der Waals surface area contributed by atoms with Crippen LogP contribution >= 0.6 is 17.2 Å². The molecule has 2 bridgehead atoms. The largest absolute Gasteiger partial charge is 0.386 e. The molecule has 7 rings (SSSR count). The molecule has 0 saturated carbocycles. The van der Waals surface area contributed by atoms with Crippen molar-refractivity contribution in [2.45, 2.75) is 49.4 Å². The van der Waals surface area contributed by atoms with Crippen LogP contribution in [0.4, 0.5) is 11.8 Å². The molecule has 7 heterocycles. The van der Waals surface area contributed by atoms with E-state index < -0.39 is 71.7 Å². The molecule has 0 spiro atoms. The van der Waals surface area contributed by atoms with Crippen molar-refractivity contribution in [3.8, 4) is 0 Å². The number of nitrogens with two attached hydrogens (primary N) is 3. The number of ether oxygens (including phenoxy) is 2. The maximum Gasteiger partial charge on any atom is 0.330 e. The van der Waals surface area contributed by atoms with E-state index in [9.17, 15) is 19.7 Å². The molecular weight excluding hydrogens is 640 g/mol. The predicted molar refractivity (Wildman–Crippen MR) is 153 cm³/mol. The Balaban J connectivity index is 1.17. The van der Waals surface area contributed by atoms with Gasteiger partial charge < -0.3 is 59.7 Å². The summed E-state index contributed by atoms with van der Waals surface area (Å²) in [5.74, 6) is -0.467. The smallest absolute Gasteiger partial charge is 0.330 e. The SMILES string of the molecule is NCCC1C2COP(O)OC3C(COP(O)OC1C(n1cnc4c(=O)[nH]c(N)nc41)O2)OC(n1cnc2c(N)ncnc21)C3O. The van der Waals surface area contributed by atoms with Crippen molar-refractivity contribution >= 4 is 51.3 Å². The molecule has 3 aliphatic heterocycles. The molecule has 21 nitrogen and oxygen atoms in total. The molecule has 23 heteroatoms. The van der Waals surface area contributed by atoms with Gasteiger partial charge in [-0.05, 0) is 13.0 Å². The number of anilines is 2. The first-order chi connectivity index (χ1) is 21.7. The minimum absolute atomic E-state index is 0.0168. The van der Waals surface area contributed by atoms with Crippen molar-refractivity contribution < 1.29 is 42.5 Å². The normalized spacial score (nSPS) is 34.4. The van der Waals surface area contributed by atoms with E-state index in [1.165, 1.54) is 28.1 Å². The van der Waals surface area contributed by atoms with Crippen molar-refractivity contribution in [2.75, 3.05) is 31.2 Å². The summed E-state index contributed by atoms with van der Waals surface area (Å²) >= 11 is 0. The van der Waals surface area contributed by atoms with E-state index in [0.717, 1.165) is 0 Å². The van der Waals surface area contributed by atoms with Crippen molar-refractivity contribution in [1.29, 1.82) is 0 Å². The summed E-state index contributed by atoms with van der Waals surface area (Å²) in [5.41, 5.74) is 17.8. The van der Waals surface area contributed by atoms with Gasteiger partial charge in [0.2, 0.25) is 5.95 Å². The zero-order valence-electron chi connectivity index (χ0n) is 23.1. The lowest BCUT2D eigenvalue weighted by atomic mass is 9.94. The van der Waals surface area contributed by atoms with Crippen LogP contribution in [0.1, 0.15) is 18.9 Å². The highest BCUT2D eigenvalue weighted by Crippen LogP contribution is 2.50. The fourth-order valence-electron chi connectivity index (χ4n) is 5.78. The molecule has 4 aromatic heterocycles. The van der Waals surface area contributed by atoms with Gasteiger partial charge in [0.1, 0.15) is 36.3 Å². The predicted octanol–water partition coefficient (Wildman–Crippen LogP) is -1.50. The van der Waals surface area contributed by atoms with Crippen LogP contribution in [-0.4, -0.2) is 104 Å². The minimum atomic E-state index is -2.59. The lowest BCUT2D eigenvalue weighted by Gasteiger charge is -2.26. The van der Waals surface area contributed by atoms with Gasteiger partial charge in [0.15, 0.2) is 35.1 Å². The molecule has 0 radical (unpaired) electrons. The average molecular weight is 669 g/mol. The van der Waals surface area contributed by atoms with Crippen molar-refractivity contribution in [3.05, 3.63) is 29.3 Å². The number of H-pyrrole nitrogens is 1. The first kappa shape index (κ1) is 30.6. The lowest BCUT2D eigenvalue weighted by Crippen LogP contribution is -2.35. The molecular formula is C22H29N11O10P2. The van der Waals surface area contributed by atoms with Gasteiger partial charge >= 0.3 is 17.2 Å². The van der Waals surface area contributed by atoms with Crippen LogP contribution in [0, 0.1) is 5.92 Å². The topological polar surface area (TPSA) is 301 Å². The zero-order chi connectivity index (χ0) is 31.4. The Labute approximate surface area is 254 Å². The van der Waals surface area contributed by atoms with E-state index >= 15 is 0 Å². The summed E-state index contributed by atoms with van der Waals surface area (Å²) in [6.45, 7) is -0.277. The fraction of sp³-hybridized carbons (Fsp3) is 0.545. The number of aliphatic hydroxyl groups excluding tert-OH is 1. The van der Waals surface area contributed by atoms with Gasteiger partial charge in [-0.3, -0.25) is 18.9 Å². The molecule has 0 amide bonds. The van der Waals surface area contributed by atoms with Crippen LogP contribution < -0.4 is 22.8 Å². The Morgan fingerprint density at radius 1 is 0.911 bits per heavy atom. The fourth-order valence-corrected chi connectivity index (χ4v) is 7.39. The maximum absolute atomic E-state index is 12.4. The second kappa shape index (κ2) is 12.3. The van der Waals surface area contributed by atoms with Crippen LogP contribution in [0.3, 0.4) is 0 Å². The minimum Gasteiger partial charge on any atom is -0.386 e. The summed E-state index contributed by atoms with van der Waals surface area (Å²) < 4.78 is 38.5. The Morgan fingerprint density at radius 2 is 1.58 bits per heavy atom. The van der Waals surface area contributed by atoms with Gasteiger partial charge in [-0.25, -0.2) is 19.9 Å². The van der Waals surface area contributed by atoms with E-state index in [2.05, 4.69) is 29.9 Å². The third-order valence-electron chi connectivity index (χ3n) is 7.81. The summed E-state index contributed by atoms with van der Waals surface area (Å²) in [7, 11) is -5.17. The summed E-state index contributed by atoms with van der Waals surface area (Å²) in [6, 6.07) is 0. The number of fused-ring (bicyclic) bond motifs is 5. The molecule has 3 aliphatic rings. The van der Waals surface area contributed by atoms with Crippen LogP contribution in [-0.2, 0) is 27.6 Å². The van der Waals surface area contributed by atoms with Crippen molar-refractivity contribution in [2.24, 2.45) is 11.7 Å². The molecule has 10 N–H and O–H groups in total. The number of nitrogens with zero attached hydrogens (tertiary/aromatic N) is 7. The second-order valence-corrected chi connectivity index (χ2v) is 12.3. The summed E-state index contributed by atoms with van der Waals surface area (Å²) in [4.78, 5) is 57.3. The van der Waals surface area contributed by atoms with E-state index in [-0.39, 0.29) is 42.7 Å². The maximum atomic E-state index is 12.4. The Morgan fingerprint density at radius 3 is 2.33 bits per heavy atom. The number of imidazole rings is 2. The first-order valence-corrected chi connectivity index (χ1v) is 15.9. The van der Waals surface area contributed by atoms with Crippen LogP contribution in [0.5, 0.6) is 0 Å². The number of hydrogen-bond donors (Lipinski definition) is 7. The lowest BCUT2D eigenvalue weighted by molar-refractivity contribution is -0.0598. The quantitative estimate of drug-likeness (QED) is 0.122. The highest BCUT2D eigenvalue weighted by Gasteiger charge is 2.51. The van der Waals surface area contributed by atoms with Gasteiger partial charge in [-0.2, -0.15) is 4.98 Å². The number of aromatic nitrogens is 8. The number of aliphatic hydroxyl groups is 1. The Kier molecular flexibility index (Phi) is 8.36. The Hall–Kier alpha value is -3.04. The third-order valence-corrected chi connectivity index (χ3v) is 9.40. The van der Waals surface area contributed by atoms with Crippen LogP contribution in [0.25, 0.3) is 22.3 Å². The molecule has 3 fully saturated rings. The van der Waals surface area contributed by atoms with Crippen LogP contribution in [0.15, 0.2) is 23.8 Å². The van der Waals surface area contributed by atoms with E-state index in [1.807, 2.05) is 0 Å². The molecule has 10 atom stereocenters. The molecule has 4 aromatic rings. The van der Waals surface area contributed by atoms with Crippen molar-refractivity contribution in [1.82, 2.24) is 39.0 Å². The number of rotatable bonds is 4. The molecule has 0 aliphatic carbocycles. The summed E-state index contributed by atoms with van der Waals surface area (Å²) in [5, 5.41) is 11.3. The van der Waals surface area contributed by atoms with E-state index in [1.54, 1.807) is 0 Å². The number of aromatic amines is 1. The highest BCUT2D eigenvalue weighted by molar-refractivity contribution is 7.40. The monoisotopic (exact) mass is 669 g/mol. The van der Waals surface area contributed by atoms with Gasteiger partial charge in [0.05, 0.1) is 32.0 Å².